The quantitative estimate of drug-likeness (QED) is 0.508. The van der Waals surface area contributed by atoms with Crippen LogP contribution in [0.2, 0.25) is 18.1 Å². The van der Waals surface area contributed by atoms with Crippen molar-refractivity contribution in [2.24, 2.45) is 0 Å². The average Bonchev–Trinajstić information content (AvgIpc) is 2.90. The first-order valence-corrected chi connectivity index (χ1v) is 11.2. The van der Waals surface area contributed by atoms with Crippen LogP contribution < -0.4 is 14.2 Å². The molecule has 1 heterocycles. The molecule has 0 N–H and O–H groups in total. The molecule has 0 aromatic heterocycles. The summed E-state index contributed by atoms with van der Waals surface area (Å²) in [6.45, 7) is 11.9. The highest BCUT2D eigenvalue weighted by molar-refractivity contribution is 9.10. The highest BCUT2D eigenvalue weighted by atomic mass is 79.9. The Morgan fingerprint density at radius 3 is 2.57 bits per heavy atom. The summed E-state index contributed by atoms with van der Waals surface area (Å²) >= 11 is 3.60. The number of methoxy groups -OCH3 is 1. The van der Waals surface area contributed by atoms with E-state index in [4.69, 9.17) is 23.4 Å². The van der Waals surface area contributed by atoms with Gasteiger partial charge in [0, 0.05) is 18.7 Å². The van der Waals surface area contributed by atoms with Crippen molar-refractivity contribution >= 4 is 24.2 Å². The highest BCUT2D eigenvalue weighted by Gasteiger charge is 2.38. The largest absolute Gasteiger partial charge is 0.466 e. The molecule has 0 saturated heterocycles. The van der Waals surface area contributed by atoms with Crippen molar-refractivity contribution in [3.63, 3.8) is 0 Å². The van der Waals surface area contributed by atoms with Crippen LogP contribution in [0.4, 0.5) is 0 Å². The third-order valence-electron chi connectivity index (χ3n) is 4.37. The van der Waals surface area contributed by atoms with E-state index in [1.54, 1.807) is 13.2 Å². The molecule has 1 aliphatic rings. The van der Waals surface area contributed by atoms with Gasteiger partial charge in [-0.3, -0.25) is 0 Å². The van der Waals surface area contributed by atoms with Crippen molar-refractivity contribution in [3.8, 4) is 17.2 Å². The molecular formula is C16H25BrO5Si. The van der Waals surface area contributed by atoms with Gasteiger partial charge in [-0.2, -0.15) is 0 Å². The number of ether oxygens (including phenoxy) is 4. The summed E-state index contributed by atoms with van der Waals surface area (Å²) in [6.07, 6.45) is 0. The first-order valence-electron chi connectivity index (χ1n) is 7.54. The molecule has 5 nitrogen and oxygen atoms in total. The van der Waals surface area contributed by atoms with Gasteiger partial charge in [-0.05, 0) is 34.1 Å². The Kier molecular flexibility index (Phi) is 5.66. The van der Waals surface area contributed by atoms with Crippen LogP contribution in [0.1, 0.15) is 26.3 Å². The second-order valence-electron chi connectivity index (χ2n) is 7.00. The molecule has 0 radical (unpaired) electrons. The highest BCUT2D eigenvalue weighted by Crippen LogP contribution is 2.46. The fraction of sp³-hybridized carbons (Fsp3) is 0.625. The number of benzene rings is 1. The second kappa shape index (κ2) is 7.00. The molecule has 0 aliphatic carbocycles. The van der Waals surface area contributed by atoms with Crippen LogP contribution in [-0.2, 0) is 15.8 Å². The maximum Gasteiger partial charge on any atom is 0.231 e. The van der Waals surface area contributed by atoms with E-state index in [1.165, 1.54) is 0 Å². The predicted octanol–water partition coefficient (Wildman–Crippen LogP) is 4.68. The van der Waals surface area contributed by atoms with E-state index in [0.717, 1.165) is 15.8 Å². The van der Waals surface area contributed by atoms with Gasteiger partial charge in [-0.15, -0.1) is 0 Å². The lowest BCUT2D eigenvalue weighted by atomic mass is 10.2. The van der Waals surface area contributed by atoms with Gasteiger partial charge in [0.1, 0.15) is 5.75 Å². The standard InChI is InChI=1S/C16H25BrO5Si/c1-16(2,3)23(5,6)22-8-11-14(17)12(19-9-18-4)7-13-15(11)21-10-20-13/h7H,8-10H2,1-6H3. The molecule has 1 aromatic carbocycles. The van der Waals surface area contributed by atoms with Gasteiger partial charge in [-0.25, -0.2) is 0 Å². The third kappa shape index (κ3) is 4.02. The molecule has 1 aliphatic heterocycles. The summed E-state index contributed by atoms with van der Waals surface area (Å²) in [7, 11) is -0.283. The third-order valence-corrected chi connectivity index (χ3v) is 9.72. The van der Waals surface area contributed by atoms with E-state index < -0.39 is 8.32 Å². The Bertz CT molecular complexity index is 569. The Hall–Kier alpha value is -0.763. The molecule has 0 spiro atoms. The van der Waals surface area contributed by atoms with E-state index >= 15 is 0 Å². The lowest BCUT2D eigenvalue weighted by molar-refractivity contribution is 0.0503. The second-order valence-corrected chi connectivity index (χ2v) is 12.6. The fourth-order valence-electron chi connectivity index (χ4n) is 1.89. The van der Waals surface area contributed by atoms with Crippen LogP contribution in [0.25, 0.3) is 0 Å². The monoisotopic (exact) mass is 404 g/mol. The smallest absolute Gasteiger partial charge is 0.231 e. The van der Waals surface area contributed by atoms with Crippen LogP contribution in [0.15, 0.2) is 10.5 Å². The molecule has 0 atom stereocenters. The SMILES string of the molecule is COCOc1cc2c(c(CO[Si](C)(C)C(C)(C)C)c1Br)OCO2. The fourth-order valence-corrected chi connectivity index (χ4v) is 3.35. The van der Waals surface area contributed by atoms with E-state index in [-0.39, 0.29) is 18.6 Å². The van der Waals surface area contributed by atoms with Gasteiger partial charge in [0.15, 0.2) is 26.6 Å². The van der Waals surface area contributed by atoms with E-state index in [0.29, 0.717) is 18.1 Å². The van der Waals surface area contributed by atoms with Crippen LogP contribution in [0, 0.1) is 0 Å². The molecule has 1 aromatic rings. The number of hydrogen-bond acceptors (Lipinski definition) is 5. The summed E-state index contributed by atoms with van der Waals surface area (Å²) in [5.74, 6) is 2.05. The van der Waals surface area contributed by atoms with Gasteiger partial charge < -0.3 is 23.4 Å². The lowest BCUT2D eigenvalue weighted by Crippen LogP contribution is -2.40. The maximum absolute atomic E-state index is 6.33. The molecule has 0 amide bonds. The molecule has 23 heavy (non-hydrogen) atoms. The molecule has 0 saturated carbocycles. The molecule has 130 valence electrons. The first-order chi connectivity index (χ1) is 10.7. The van der Waals surface area contributed by atoms with E-state index in [9.17, 15) is 0 Å². The van der Waals surface area contributed by atoms with E-state index in [1.807, 2.05) is 0 Å². The molecular weight excluding hydrogens is 380 g/mol. The van der Waals surface area contributed by atoms with Crippen molar-refractivity contribution in [2.45, 2.75) is 45.5 Å². The summed E-state index contributed by atoms with van der Waals surface area (Å²) in [4.78, 5) is 0. The number of halogens is 1. The summed E-state index contributed by atoms with van der Waals surface area (Å²) in [6, 6.07) is 1.81. The zero-order valence-electron chi connectivity index (χ0n) is 14.6. The van der Waals surface area contributed by atoms with Crippen molar-refractivity contribution in [1.29, 1.82) is 0 Å². The Labute approximate surface area is 147 Å². The maximum atomic E-state index is 6.33. The zero-order valence-corrected chi connectivity index (χ0v) is 17.2. The predicted molar refractivity (Wildman–Crippen MR) is 94.8 cm³/mol. The lowest BCUT2D eigenvalue weighted by Gasteiger charge is -2.36. The molecule has 2 rings (SSSR count). The molecule has 0 unspecified atom stereocenters. The van der Waals surface area contributed by atoms with Gasteiger partial charge in [0.25, 0.3) is 0 Å². The zero-order chi connectivity index (χ0) is 17.3. The first kappa shape index (κ1) is 18.6. The van der Waals surface area contributed by atoms with Crippen molar-refractivity contribution in [1.82, 2.24) is 0 Å². The van der Waals surface area contributed by atoms with Crippen LogP contribution in [-0.4, -0.2) is 29.0 Å². The molecule has 0 fully saturated rings. The summed E-state index contributed by atoms with van der Waals surface area (Å²) < 4.78 is 28.9. The average molecular weight is 405 g/mol. The van der Waals surface area contributed by atoms with Crippen LogP contribution >= 0.6 is 15.9 Å². The van der Waals surface area contributed by atoms with Crippen molar-refractivity contribution in [2.75, 3.05) is 20.7 Å². The Morgan fingerprint density at radius 2 is 1.96 bits per heavy atom. The van der Waals surface area contributed by atoms with Crippen molar-refractivity contribution in [3.05, 3.63) is 16.1 Å². The number of fused-ring (bicyclic) bond motifs is 1. The minimum Gasteiger partial charge on any atom is -0.466 e. The normalized spacial score (nSPS) is 14.2. The van der Waals surface area contributed by atoms with Crippen LogP contribution in [0.5, 0.6) is 17.2 Å². The van der Waals surface area contributed by atoms with Gasteiger partial charge in [-0.1, -0.05) is 20.8 Å². The van der Waals surface area contributed by atoms with E-state index in [2.05, 4.69) is 49.8 Å². The van der Waals surface area contributed by atoms with Gasteiger partial charge in [0.05, 0.1) is 11.1 Å². The minimum absolute atomic E-state index is 0.143. The molecule has 7 heteroatoms. The van der Waals surface area contributed by atoms with Crippen molar-refractivity contribution < 1.29 is 23.4 Å². The molecule has 0 bridgehead atoms. The minimum atomic E-state index is -1.87. The number of rotatable bonds is 6. The summed E-state index contributed by atoms with van der Waals surface area (Å²) in [5, 5.41) is 0.143. The Morgan fingerprint density at radius 1 is 1.26 bits per heavy atom. The van der Waals surface area contributed by atoms with Crippen LogP contribution in [0.3, 0.4) is 0 Å². The topological polar surface area (TPSA) is 46.2 Å². The Balaban J connectivity index is 2.29. The number of hydrogen-bond donors (Lipinski definition) is 0. The van der Waals surface area contributed by atoms with Gasteiger partial charge in [0.2, 0.25) is 6.79 Å². The van der Waals surface area contributed by atoms with Gasteiger partial charge >= 0.3 is 0 Å². The summed E-state index contributed by atoms with van der Waals surface area (Å²) in [5.41, 5.74) is 0.913.